The molecule has 1 amide bonds. The van der Waals surface area contributed by atoms with Crippen molar-refractivity contribution in [2.24, 2.45) is 0 Å². The second kappa shape index (κ2) is 5.71. The normalized spacial score (nSPS) is 10.5. The molecule has 2 aromatic carbocycles. The molecule has 21 heavy (non-hydrogen) atoms. The van der Waals surface area contributed by atoms with Crippen molar-refractivity contribution < 1.29 is 9.53 Å². The maximum atomic E-state index is 12.4. The number of hydrogen-bond acceptors (Lipinski definition) is 2. The largest absolute Gasteiger partial charge is 0.494 e. The minimum absolute atomic E-state index is 0.121. The van der Waals surface area contributed by atoms with E-state index in [2.05, 4.69) is 10.3 Å². The highest BCUT2D eigenvalue weighted by Crippen LogP contribution is 2.20. The molecular formula is C17H16N2O2. The van der Waals surface area contributed by atoms with Crippen LogP contribution in [0.4, 0.5) is 5.69 Å². The fraction of sp³-hybridized carbons (Fsp3) is 0.118. The second-order valence-corrected chi connectivity index (χ2v) is 4.66. The lowest BCUT2D eigenvalue weighted by Gasteiger charge is -2.08. The van der Waals surface area contributed by atoms with Gasteiger partial charge in [-0.25, -0.2) is 0 Å². The third kappa shape index (κ3) is 2.74. The van der Waals surface area contributed by atoms with Crippen LogP contribution in [0.5, 0.6) is 5.75 Å². The summed E-state index contributed by atoms with van der Waals surface area (Å²) in [5, 5.41) is 3.82. The van der Waals surface area contributed by atoms with Crippen LogP contribution in [0.1, 0.15) is 17.3 Å². The van der Waals surface area contributed by atoms with E-state index in [-0.39, 0.29) is 5.91 Å². The van der Waals surface area contributed by atoms with Crippen molar-refractivity contribution in [2.75, 3.05) is 11.9 Å². The van der Waals surface area contributed by atoms with E-state index in [9.17, 15) is 4.79 Å². The molecule has 0 unspecified atom stereocenters. The third-order valence-corrected chi connectivity index (χ3v) is 3.26. The number of H-pyrrole nitrogens is 1. The van der Waals surface area contributed by atoms with Crippen molar-refractivity contribution in [3.05, 3.63) is 60.3 Å². The highest BCUT2D eigenvalue weighted by Gasteiger charge is 2.10. The van der Waals surface area contributed by atoms with Crippen molar-refractivity contribution >= 4 is 22.5 Å². The Labute approximate surface area is 122 Å². The van der Waals surface area contributed by atoms with Crippen molar-refractivity contribution in [3.63, 3.8) is 0 Å². The molecule has 4 heteroatoms. The van der Waals surface area contributed by atoms with Gasteiger partial charge in [-0.15, -0.1) is 0 Å². The van der Waals surface area contributed by atoms with Gasteiger partial charge in [0, 0.05) is 28.4 Å². The molecule has 0 spiro atoms. The van der Waals surface area contributed by atoms with E-state index >= 15 is 0 Å². The molecule has 1 aromatic heterocycles. The molecule has 0 saturated carbocycles. The Balaban J connectivity index is 1.81. The van der Waals surface area contributed by atoms with E-state index in [0.29, 0.717) is 12.2 Å². The van der Waals surface area contributed by atoms with Crippen LogP contribution in [0.15, 0.2) is 54.7 Å². The van der Waals surface area contributed by atoms with Gasteiger partial charge in [-0.1, -0.05) is 6.07 Å². The van der Waals surface area contributed by atoms with Gasteiger partial charge in [0.1, 0.15) is 5.75 Å². The molecule has 0 atom stereocenters. The number of carbonyl (C=O) groups is 1. The van der Waals surface area contributed by atoms with Crippen LogP contribution < -0.4 is 10.1 Å². The number of hydrogen-bond donors (Lipinski definition) is 2. The Bertz CT molecular complexity index is 760. The highest BCUT2D eigenvalue weighted by molar-refractivity contribution is 6.12. The number of aromatic nitrogens is 1. The van der Waals surface area contributed by atoms with Crippen LogP contribution in [0.25, 0.3) is 10.9 Å². The summed E-state index contributed by atoms with van der Waals surface area (Å²) >= 11 is 0. The number of rotatable bonds is 4. The Morgan fingerprint density at radius 1 is 1.14 bits per heavy atom. The molecule has 3 aromatic rings. The number of aromatic amines is 1. The summed E-state index contributed by atoms with van der Waals surface area (Å²) < 4.78 is 5.38. The Morgan fingerprint density at radius 2 is 1.95 bits per heavy atom. The van der Waals surface area contributed by atoms with Gasteiger partial charge in [0.2, 0.25) is 0 Å². The first-order valence-electron chi connectivity index (χ1n) is 6.88. The van der Waals surface area contributed by atoms with Crippen LogP contribution in [-0.4, -0.2) is 17.5 Å². The molecule has 0 aliphatic heterocycles. The Kier molecular flexibility index (Phi) is 3.60. The van der Waals surface area contributed by atoms with Gasteiger partial charge < -0.3 is 15.0 Å². The zero-order valence-corrected chi connectivity index (χ0v) is 11.7. The molecule has 2 N–H and O–H groups in total. The molecule has 0 aliphatic rings. The first-order valence-corrected chi connectivity index (χ1v) is 6.88. The zero-order chi connectivity index (χ0) is 14.7. The molecule has 0 saturated heterocycles. The summed E-state index contributed by atoms with van der Waals surface area (Å²) in [6.45, 7) is 2.56. The maximum Gasteiger partial charge on any atom is 0.256 e. The lowest BCUT2D eigenvalue weighted by Crippen LogP contribution is -2.12. The maximum absolute atomic E-state index is 12.4. The summed E-state index contributed by atoms with van der Waals surface area (Å²) in [7, 11) is 0. The number of nitrogens with one attached hydrogen (secondary N) is 2. The summed E-state index contributed by atoms with van der Waals surface area (Å²) in [6, 6.07) is 14.9. The van der Waals surface area contributed by atoms with Gasteiger partial charge in [-0.05, 0) is 49.4 Å². The van der Waals surface area contributed by atoms with Crippen molar-refractivity contribution in [1.82, 2.24) is 4.98 Å². The van der Waals surface area contributed by atoms with E-state index < -0.39 is 0 Å². The van der Waals surface area contributed by atoms with Gasteiger partial charge in [0.15, 0.2) is 0 Å². The third-order valence-electron chi connectivity index (χ3n) is 3.26. The zero-order valence-electron chi connectivity index (χ0n) is 11.7. The van der Waals surface area contributed by atoms with Crippen LogP contribution in [0.2, 0.25) is 0 Å². The van der Waals surface area contributed by atoms with Crippen LogP contribution in [0.3, 0.4) is 0 Å². The minimum Gasteiger partial charge on any atom is -0.494 e. The number of carbonyl (C=O) groups excluding carboxylic acids is 1. The predicted molar refractivity (Wildman–Crippen MR) is 83.9 cm³/mol. The first kappa shape index (κ1) is 13.2. The standard InChI is InChI=1S/C17H16N2O2/c1-2-21-13-8-6-12(7-9-13)19-17(20)15-4-3-5-16-14(15)10-11-18-16/h3-11,18H,2H2,1H3,(H,19,20). The van der Waals surface area contributed by atoms with Crippen LogP contribution in [0, 0.1) is 0 Å². The molecule has 4 nitrogen and oxygen atoms in total. The second-order valence-electron chi connectivity index (χ2n) is 4.66. The van der Waals surface area contributed by atoms with Crippen molar-refractivity contribution in [1.29, 1.82) is 0 Å². The van der Waals surface area contributed by atoms with Crippen molar-refractivity contribution in [3.8, 4) is 5.75 Å². The smallest absolute Gasteiger partial charge is 0.256 e. The summed E-state index contributed by atoms with van der Waals surface area (Å²) in [6.07, 6.45) is 1.83. The molecule has 0 aliphatic carbocycles. The van der Waals surface area contributed by atoms with E-state index in [1.54, 1.807) is 0 Å². The average molecular weight is 280 g/mol. The molecular weight excluding hydrogens is 264 g/mol. The topological polar surface area (TPSA) is 54.1 Å². The van der Waals surface area contributed by atoms with Gasteiger partial charge in [-0.2, -0.15) is 0 Å². The predicted octanol–water partition coefficient (Wildman–Crippen LogP) is 3.82. The molecule has 0 radical (unpaired) electrons. The van der Waals surface area contributed by atoms with Crippen LogP contribution in [-0.2, 0) is 0 Å². The number of fused-ring (bicyclic) bond motifs is 1. The van der Waals surface area contributed by atoms with E-state index in [4.69, 9.17) is 4.74 Å². The van der Waals surface area contributed by atoms with Gasteiger partial charge >= 0.3 is 0 Å². The fourth-order valence-electron chi connectivity index (χ4n) is 2.28. The molecule has 1 heterocycles. The quantitative estimate of drug-likeness (QED) is 0.763. The summed E-state index contributed by atoms with van der Waals surface area (Å²) in [4.78, 5) is 15.5. The average Bonchev–Trinajstić information content (AvgIpc) is 2.98. The van der Waals surface area contributed by atoms with E-state index in [1.807, 2.05) is 61.7 Å². The van der Waals surface area contributed by atoms with E-state index in [0.717, 1.165) is 22.3 Å². The SMILES string of the molecule is CCOc1ccc(NC(=O)c2cccc3[nH]ccc23)cc1. The van der Waals surface area contributed by atoms with Crippen LogP contribution >= 0.6 is 0 Å². The minimum atomic E-state index is -0.121. The Morgan fingerprint density at radius 3 is 2.71 bits per heavy atom. The lowest BCUT2D eigenvalue weighted by molar-refractivity contribution is 0.102. The first-order chi connectivity index (χ1) is 10.3. The molecule has 106 valence electrons. The van der Waals surface area contributed by atoms with Gasteiger partial charge in [0.05, 0.1) is 6.61 Å². The number of benzene rings is 2. The number of ether oxygens (including phenoxy) is 1. The molecule has 0 bridgehead atoms. The lowest BCUT2D eigenvalue weighted by atomic mass is 10.1. The van der Waals surface area contributed by atoms with Gasteiger partial charge in [0.25, 0.3) is 5.91 Å². The monoisotopic (exact) mass is 280 g/mol. The highest BCUT2D eigenvalue weighted by atomic mass is 16.5. The number of amides is 1. The van der Waals surface area contributed by atoms with Gasteiger partial charge in [-0.3, -0.25) is 4.79 Å². The van der Waals surface area contributed by atoms with E-state index in [1.165, 1.54) is 0 Å². The van der Waals surface area contributed by atoms with Crippen molar-refractivity contribution in [2.45, 2.75) is 6.92 Å². The molecule has 0 fully saturated rings. The Hall–Kier alpha value is -2.75. The summed E-state index contributed by atoms with van der Waals surface area (Å²) in [5.74, 6) is 0.674. The summed E-state index contributed by atoms with van der Waals surface area (Å²) in [5.41, 5.74) is 2.35. The molecule has 3 rings (SSSR count). The number of anilines is 1. The fourth-order valence-corrected chi connectivity index (χ4v) is 2.28.